The highest BCUT2D eigenvalue weighted by Gasteiger charge is 2.25. The number of rotatable bonds is 5. The van der Waals surface area contributed by atoms with Crippen molar-refractivity contribution in [2.75, 3.05) is 19.0 Å². The molecule has 0 aliphatic carbocycles. The zero-order chi connectivity index (χ0) is 12.9. The van der Waals surface area contributed by atoms with Gasteiger partial charge >= 0.3 is 12.2 Å². The van der Waals surface area contributed by atoms with Crippen molar-refractivity contribution in [2.45, 2.75) is 19.0 Å². The highest BCUT2D eigenvalue weighted by atomic mass is 35.5. The van der Waals surface area contributed by atoms with Crippen LogP contribution in [-0.2, 0) is 0 Å². The lowest BCUT2D eigenvalue weighted by Gasteiger charge is -2.09. The minimum atomic E-state index is -4.14. The Bertz CT molecular complexity index is 373. The fourth-order valence-corrected chi connectivity index (χ4v) is 1.23. The van der Waals surface area contributed by atoms with E-state index in [1.54, 1.807) is 0 Å². The SMILES string of the molecule is COc1ncc(Cl)c(NCCCC(F)(F)F)n1. The maximum atomic E-state index is 11.9. The molecule has 0 radical (unpaired) electrons. The number of hydrogen-bond donors (Lipinski definition) is 1. The van der Waals surface area contributed by atoms with E-state index in [0.717, 1.165) is 0 Å². The van der Waals surface area contributed by atoms with Gasteiger partial charge in [-0.1, -0.05) is 11.6 Å². The van der Waals surface area contributed by atoms with E-state index in [9.17, 15) is 13.2 Å². The summed E-state index contributed by atoms with van der Waals surface area (Å²) in [5, 5.41) is 2.93. The van der Waals surface area contributed by atoms with Crippen molar-refractivity contribution in [1.29, 1.82) is 0 Å². The van der Waals surface area contributed by atoms with Gasteiger partial charge in [0, 0.05) is 13.0 Å². The van der Waals surface area contributed by atoms with Crippen LogP contribution in [0, 0.1) is 0 Å². The van der Waals surface area contributed by atoms with Crippen LogP contribution in [-0.4, -0.2) is 29.8 Å². The minimum absolute atomic E-state index is 0.0495. The molecule has 1 heterocycles. The van der Waals surface area contributed by atoms with Crippen LogP contribution in [0.2, 0.25) is 5.02 Å². The number of anilines is 1. The summed E-state index contributed by atoms with van der Waals surface area (Å²) in [7, 11) is 1.39. The van der Waals surface area contributed by atoms with Gasteiger partial charge in [-0.3, -0.25) is 0 Å². The van der Waals surface area contributed by atoms with Crippen LogP contribution in [0.1, 0.15) is 12.8 Å². The van der Waals surface area contributed by atoms with E-state index >= 15 is 0 Å². The molecule has 4 nitrogen and oxygen atoms in total. The lowest BCUT2D eigenvalue weighted by molar-refractivity contribution is -0.134. The maximum absolute atomic E-state index is 11.9. The number of methoxy groups -OCH3 is 1. The molecule has 0 saturated carbocycles. The van der Waals surface area contributed by atoms with Gasteiger partial charge in [-0.05, 0) is 6.42 Å². The Labute approximate surface area is 101 Å². The molecule has 0 aromatic carbocycles. The van der Waals surface area contributed by atoms with Gasteiger partial charge in [0.1, 0.15) is 5.02 Å². The summed E-state index contributed by atoms with van der Waals surface area (Å²) < 4.78 is 40.4. The Morgan fingerprint density at radius 2 is 2.18 bits per heavy atom. The molecule has 0 fully saturated rings. The molecule has 17 heavy (non-hydrogen) atoms. The first-order valence-corrected chi connectivity index (χ1v) is 5.17. The highest BCUT2D eigenvalue weighted by Crippen LogP contribution is 2.23. The number of hydrogen-bond acceptors (Lipinski definition) is 4. The average molecular weight is 270 g/mol. The van der Waals surface area contributed by atoms with Crippen LogP contribution < -0.4 is 10.1 Å². The topological polar surface area (TPSA) is 47.0 Å². The van der Waals surface area contributed by atoms with Gasteiger partial charge in [0.25, 0.3) is 0 Å². The van der Waals surface area contributed by atoms with Crippen molar-refractivity contribution in [1.82, 2.24) is 9.97 Å². The Balaban J connectivity index is 2.46. The van der Waals surface area contributed by atoms with E-state index in [4.69, 9.17) is 16.3 Å². The third kappa shape index (κ3) is 5.08. The van der Waals surface area contributed by atoms with Crippen LogP contribution in [0.15, 0.2) is 6.20 Å². The molecule has 0 bridgehead atoms. The molecule has 1 aromatic rings. The standard InChI is InChI=1S/C9H11ClF3N3O/c1-17-8-15-5-6(10)7(16-8)14-4-2-3-9(11,12)13/h5H,2-4H2,1H3,(H,14,15,16). The lowest BCUT2D eigenvalue weighted by atomic mass is 10.3. The summed E-state index contributed by atoms with van der Waals surface area (Å²) in [6, 6.07) is 0.104. The Morgan fingerprint density at radius 1 is 1.47 bits per heavy atom. The lowest BCUT2D eigenvalue weighted by Crippen LogP contribution is -2.12. The van der Waals surface area contributed by atoms with E-state index in [2.05, 4.69) is 15.3 Å². The van der Waals surface area contributed by atoms with Crippen molar-refractivity contribution in [3.8, 4) is 6.01 Å². The number of alkyl halides is 3. The molecular formula is C9H11ClF3N3O. The second-order valence-electron chi connectivity index (χ2n) is 3.20. The van der Waals surface area contributed by atoms with E-state index < -0.39 is 12.6 Å². The number of halogens is 4. The molecular weight excluding hydrogens is 259 g/mol. The predicted octanol–water partition coefficient (Wildman–Crippen LogP) is 2.89. The summed E-state index contributed by atoms with van der Waals surface area (Å²) in [5.41, 5.74) is 0. The van der Waals surface area contributed by atoms with Gasteiger partial charge in [0.15, 0.2) is 5.82 Å². The van der Waals surface area contributed by atoms with Gasteiger partial charge in [-0.25, -0.2) is 4.98 Å². The van der Waals surface area contributed by atoms with Crippen LogP contribution in [0.5, 0.6) is 6.01 Å². The average Bonchev–Trinajstić information content (AvgIpc) is 2.25. The second kappa shape index (κ2) is 5.90. The molecule has 0 aliphatic heterocycles. The molecule has 0 atom stereocenters. The summed E-state index contributed by atoms with van der Waals surface area (Å²) in [6.45, 7) is 0.124. The first-order valence-electron chi connectivity index (χ1n) is 4.79. The Hall–Kier alpha value is -1.24. The minimum Gasteiger partial charge on any atom is -0.467 e. The van der Waals surface area contributed by atoms with Gasteiger partial charge < -0.3 is 10.1 Å². The highest BCUT2D eigenvalue weighted by molar-refractivity contribution is 6.32. The fourth-order valence-electron chi connectivity index (χ4n) is 1.07. The first kappa shape index (κ1) is 13.8. The van der Waals surface area contributed by atoms with Gasteiger partial charge in [0.2, 0.25) is 0 Å². The number of nitrogens with zero attached hydrogens (tertiary/aromatic N) is 2. The van der Waals surface area contributed by atoms with Crippen molar-refractivity contribution < 1.29 is 17.9 Å². The first-order chi connectivity index (χ1) is 7.92. The van der Waals surface area contributed by atoms with Gasteiger partial charge in [-0.15, -0.1) is 0 Å². The zero-order valence-electron chi connectivity index (χ0n) is 9.01. The quantitative estimate of drug-likeness (QED) is 0.835. The predicted molar refractivity (Wildman–Crippen MR) is 57.4 cm³/mol. The van der Waals surface area contributed by atoms with E-state index in [0.29, 0.717) is 0 Å². The van der Waals surface area contributed by atoms with E-state index in [1.165, 1.54) is 13.3 Å². The zero-order valence-corrected chi connectivity index (χ0v) is 9.77. The molecule has 1 aromatic heterocycles. The smallest absolute Gasteiger partial charge is 0.389 e. The molecule has 0 spiro atoms. The summed E-state index contributed by atoms with van der Waals surface area (Å²) >= 11 is 5.76. The Kier molecular flexibility index (Phi) is 4.80. The molecule has 0 saturated heterocycles. The van der Waals surface area contributed by atoms with Crippen molar-refractivity contribution in [3.63, 3.8) is 0 Å². The molecule has 1 rings (SSSR count). The van der Waals surface area contributed by atoms with Crippen LogP contribution >= 0.6 is 11.6 Å². The van der Waals surface area contributed by atoms with Crippen molar-refractivity contribution in [3.05, 3.63) is 11.2 Å². The number of ether oxygens (including phenoxy) is 1. The normalized spacial score (nSPS) is 11.4. The summed E-state index contributed by atoms with van der Waals surface area (Å²) in [4.78, 5) is 7.61. The van der Waals surface area contributed by atoms with Crippen molar-refractivity contribution >= 4 is 17.4 Å². The molecule has 1 N–H and O–H groups in total. The van der Waals surface area contributed by atoms with E-state index in [-0.39, 0.29) is 29.8 Å². The van der Waals surface area contributed by atoms with Gasteiger partial charge in [-0.2, -0.15) is 18.2 Å². The van der Waals surface area contributed by atoms with Crippen LogP contribution in [0.3, 0.4) is 0 Å². The Morgan fingerprint density at radius 3 is 2.76 bits per heavy atom. The third-order valence-corrected chi connectivity index (χ3v) is 2.11. The molecule has 8 heteroatoms. The molecule has 0 unspecified atom stereocenters. The maximum Gasteiger partial charge on any atom is 0.389 e. The summed E-state index contributed by atoms with van der Waals surface area (Å²) in [5.74, 6) is 0.265. The molecule has 96 valence electrons. The number of aromatic nitrogens is 2. The number of nitrogens with one attached hydrogen (secondary N) is 1. The van der Waals surface area contributed by atoms with Crippen LogP contribution in [0.4, 0.5) is 19.0 Å². The molecule has 0 amide bonds. The monoisotopic (exact) mass is 269 g/mol. The van der Waals surface area contributed by atoms with Crippen LogP contribution in [0.25, 0.3) is 0 Å². The molecule has 0 aliphatic rings. The summed E-state index contributed by atoms with van der Waals surface area (Å²) in [6.07, 6.45) is -3.72. The third-order valence-electron chi connectivity index (χ3n) is 1.83. The largest absolute Gasteiger partial charge is 0.467 e. The van der Waals surface area contributed by atoms with Gasteiger partial charge in [0.05, 0.1) is 13.3 Å². The second-order valence-corrected chi connectivity index (χ2v) is 3.61. The van der Waals surface area contributed by atoms with E-state index in [1.807, 2.05) is 0 Å². The van der Waals surface area contributed by atoms with Crippen molar-refractivity contribution in [2.24, 2.45) is 0 Å². The fraction of sp³-hybridized carbons (Fsp3) is 0.556.